The van der Waals surface area contributed by atoms with Crippen LogP contribution in [0.5, 0.6) is 0 Å². The van der Waals surface area contributed by atoms with Gasteiger partial charge in [-0.15, -0.1) is 0 Å². The maximum Gasteiger partial charge on any atom is 0.193 e. The van der Waals surface area contributed by atoms with Crippen molar-refractivity contribution in [3.8, 4) is 0 Å². The highest BCUT2D eigenvalue weighted by Crippen LogP contribution is 2.23. The van der Waals surface area contributed by atoms with Gasteiger partial charge in [-0.05, 0) is 50.5 Å². The summed E-state index contributed by atoms with van der Waals surface area (Å²) in [4.78, 5) is 11.6. The topological polar surface area (TPSA) is 66.5 Å². The number of anilines is 2. The fourth-order valence-electron chi connectivity index (χ4n) is 2.98. The molecule has 0 bridgehead atoms. The maximum atomic E-state index is 6.04. The van der Waals surface area contributed by atoms with Crippen LogP contribution in [0.4, 0.5) is 11.5 Å². The van der Waals surface area contributed by atoms with Crippen LogP contribution in [-0.2, 0) is 6.54 Å². The summed E-state index contributed by atoms with van der Waals surface area (Å²) in [6.45, 7) is 6.76. The average molecular weight is 323 g/mol. The molecule has 126 valence electrons. The first-order valence-corrected chi connectivity index (χ1v) is 8.47. The molecule has 1 saturated heterocycles. The molecule has 2 heterocycles. The van der Waals surface area contributed by atoms with Crippen LogP contribution in [0.2, 0.25) is 0 Å². The first kappa shape index (κ1) is 16.3. The molecular weight excluding hydrogens is 298 g/mol. The van der Waals surface area contributed by atoms with E-state index in [-0.39, 0.29) is 0 Å². The summed E-state index contributed by atoms with van der Waals surface area (Å²) in [5, 5.41) is 3.15. The Hall–Kier alpha value is -2.56. The smallest absolute Gasteiger partial charge is 0.193 e. The van der Waals surface area contributed by atoms with Crippen molar-refractivity contribution >= 4 is 17.5 Å². The summed E-state index contributed by atoms with van der Waals surface area (Å²) < 4.78 is 0. The Kier molecular flexibility index (Phi) is 4.99. The molecule has 3 rings (SSSR count). The van der Waals surface area contributed by atoms with Crippen LogP contribution in [-0.4, -0.2) is 24.0 Å². The SMILES string of the molecule is Cc1cccc(NC(N)=NCc2ccc(C)nc2N2CCCC2)c1. The van der Waals surface area contributed by atoms with Gasteiger partial charge in [-0.25, -0.2) is 9.98 Å². The Morgan fingerprint density at radius 3 is 2.75 bits per heavy atom. The average Bonchev–Trinajstić information content (AvgIpc) is 3.08. The highest BCUT2D eigenvalue weighted by molar-refractivity contribution is 5.92. The van der Waals surface area contributed by atoms with Crippen LogP contribution in [0.3, 0.4) is 0 Å². The van der Waals surface area contributed by atoms with Crippen molar-refractivity contribution in [1.82, 2.24) is 4.98 Å². The van der Waals surface area contributed by atoms with Crippen LogP contribution >= 0.6 is 0 Å². The number of rotatable bonds is 4. The number of hydrogen-bond donors (Lipinski definition) is 2. The lowest BCUT2D eigenvalue weighted by atomic mass is 10.2. The molecule has 24 heavy (non-hydrogen) atoms. The number of nitrogens with zero attached hydrogens (tertiary/aromatic N) is 3. The Morgan fingerprint density at radius 2 is 2.00 bits per heavy atom. The third-order valence-corrected chi connectivity index (χ3v) is 4.21. The first-order valence-electron chi connectivity index (χ1n) is 8.47. The second-order valence-electron chi connectivity index (χ2n) is 6.33. The van der Waals surface area contributed by atoms with Crippen molar-refractivity contribution in [3.63, 3.8) is 0 Å². The van der Waals surface area contributed by atoms with Gasteiger partial charge in [-0.2, -0.15) is 0 Å². The van der Waals surface area contributed by atoms with E-state index in [0.717, 1.165) is 35.9 Å². The van der Waals surface area contributed by atoms with E-state index in [1.165, 1.54) is 18.4 Å². The number of aromatic nitrogens is 1. The number of aliphatic imine (C=N–C) groups is 1. The third-order valence-electron chi connectivity index (χ3n) is 4.21. The molecule has 0 atom stereocenters. The second kappa shape index (κ2) is 7.34. The van der Waals surface area contributed by atoms with Gasteiger partial charge in [0.2, 0.25) is 0 Å². The van der Waals surface area contributed by atoms with Crippen molar-refractivity contribution in [2.45, 2.75) is 33.2 Å². The highest BCUT2D eigenvalue weighted by atomic mass is 15.2. The summed E-state index contributed by atoms with van der Waals surface area (Å²) in [6.07, 6.45) is 2.46. The zero-order valence-electron chi connectivity index (χ0n) is 14.4. The molecule has 0 amide bonds. The molecule has 3 N–H and O–H groups in total. The Balaban J connectivity index is 1.73. The minimum absolute atomic E-state index is 0.425. The molecule has 0 radical (unpaired) electrons. The normalized spacial score (nSPS) is 14.9. The van der Waals surface area contributed by atoms with E-state index in [1.807, 2.05) is 31.2 Å². The van der Waals surface area contributed by atoms with Gasteiger partial charge < -0.3 is 16.0 Å². The van der Waals surface area contributed by atoms with E-state index in [1.54, 1.807) is 0 Å². The molecule has 1 fully saturated rings. The van der Waals surface area contributed by atoms with E-state index in [4.69, 9.17) is 10.7 Å². The fourth-order valence-corrected chi connectivity index (χ4v) is 2.98. The van der Waals surface area contributed by atoms with Gasteiger partial charge in [-0.3, -0.25) is 0 Å². The first-order chi connectivity index (χ1) is 11.6. The van der Waals surface area contributed by atoms with Gasteiger partial charge in [0.05, 0.1) is 6.54 Å². The Labute approximate surface area is 143 Å². The predicted molar refractivity (Wildman–Crippen MR) is 101 cm³/mol. The molecule has 5 nitrogen and oxygen atoms in total. The number of guanidine groups is 1. The largest absolute Gasteiger partial charge is 0.370 e. The van der Waals surface area contributed by atoms with Crippen molar-refractivity contribution in [3.05, 3.63) is 53.2 Å². The maximum absolute atomic E-state index is 6.04. The van der Waals surface area contributed by atoms with Gasteiger partial charge in [0, 0.05) is 30.0 Å². The minimum Gasteiger partial charge on any atom is -0.370 e. The lowest BCUT2D eigenvalue weighted by Crippen LogP contribution is -2.23. The van der Waals surface area contributed by atoms with E-state index in [2.05, 4.69) is 34.3 Å². The predicted octanol–water partition coefficient (Wildman–Crippen LogP) is 3.23. The summed E-state index contributed by atoms with van der Waals surface area (Å²) in [5.41, 5.74) is 10.3. The molecule has 0 saturated carbocycles. The van der Waals surface area contributed by atoms with Crippen LogP contribution in [0.25, 0.3) is 0 Å². The van der Waals surface area contributed by atoms with Crippen LogP contribution in [0, 0.1) is 13.8 Å². The molecule has 0 unspecified atom stereocenters. The Morgan fingerprint density at radius 1 is 1.21 bits per heavy atom. The van der Waals surface area contributed by atoms with E-state index in [9.17, 15) is 0 Å². The molecule has 0 aliphatic carbocycles. The molecule has 0 spiro atoms. The van der Waals surface area contributed by atoms with Gasteiger partial charge in [-0.1, -0.05) is 18.2 Å². The minimum atomic E-state index is 0.425. The zero-order valence-corrected chi connectivity index (χ0v) is 14.4. The van der Waals surface area contributed by atoms with E-state index in [0.29, 0.717) is 12.5 Å². The van der Waals surface area contributed by atoms with E-state index >= 15 is 0 Å². The second-order valence-corrected chi connectivity index (χ2v) is 6.33. The lowest BCUT2D eigenvalue weighted by molar-refractivity contribution is 0.898. The lowest BCUT2D eigenvalue weighted by Gasteiger charge is -2.20. The van der Waals surface area contributed by atoms with Gasteiger partial charge >= 0.3 is 0 Å². The summed E-state index contributed by atoms with van der Waals surface area (Å²) in [6, 6.07) is 12.2. The molecule has 1 aromatic heterocycles. The van der Waals surface area contributed by atoms with Gasteiger partial charge in [0.1, 0.15) is 5.82 Å². The van der Waals surface area contributed by atoms with Gasteiger partial charge in [0.25, 0.3) is 0 Å². The van der Waals surface area contributed by atoms with Crippen molar-refractivity contribution < 1.29 is 0 Å². The fraction of sp³-hybridized carbons (Fsp3) is 0.368. The van der Waals surface area contributed by atoms with Crippen LogP contribution in [0.15, 0.2) is 41.4 Å². The molecule has 1 aromatic carbocycles. The van der Waals surface area contributed by atoms with E-state index < -0.39 is 0 Å². The molecule has 1 aliphatic heterocycles. The summed E-state index contributed by atoms with van der Waals surface area (Å²) >= 11 is 0. The third kappa shape index (κ3) is 4.04. The summed E-state index contributed by atoms with van der Waals surface area (Å²) in [7, 11) is 0. The van der Waals surface area contributed by atoms with Crippen molar-refractivity contribution in [2.75, 3.05) is 23.3 Å². The molecule has 2 aromatic rings. The zero-order chi connectivity index (χ0) is 16.9. The standard InChI is InChI=1S/C19H25N5/c1-14-6-5-7-17(12-14)23-19(20)21-13-16-9-8-15(2)22-18(16)24-10-3-4-11-24/h5-9,12H,3-4,10-11,13H2,1-2H3,(H3,20,21,23). The molecule has 5 heteroatoms. The highest BCUT2D eigenvalue weighted by Gasteiger charge is 2.17. The quantitative estimate of drug-likeness (QED) is 0.670. The molecular formula is C19H25N5. The monoisotopic (exact) mass is 323 g/mol. The number of benzene rings is 1. The number of pyridine rings is 1. The number of hydrogen-bond acceptors (Lipinski definition) is 3. The number of nitrogens with two attached hydrogens (primary N) is 1. The van der Waals surface area contributed by atoms with Crippen molar-refractivity contribution in [2.24, 2.45) is 10.7 Å². The van der Waals surface area contributed by atoms with Crippen LogP contribution < -0.4 is 16.0 Å². The number of nitrogens with one attached hydrogen (secondary N) is 1. The number of aryl methyl sites for hydroxylation is 2. The van der Waals surface area contributed by atoms with Crippen molar-refractivity contribution in [1.29, 1.82) is 0 Å². The van der Waals surface area contributed by atoms with Crippen LogP contribution in [0.1, 0.15) is 29.7 Å². The molecule has 1 aliphatic rings. The Bertz CT molecular complexity index is 732. The summed E-state index contributed by atoms with van der Waals surface area (Å²) in [5.74, 6) is 1.48. The van der Waals surface area contributed by atoms with Gasteiger partial charge in [0.15, 0.2) is 5.96 Å².